The Kier molecular flexibility index (Phi) is 5.84. The monoisotopic (exact) mass is 373 g/mol. The standard InChI is InChI=1S/C23H23N3O2/c1-15-8-4-5-11-18(15)14-24-22(27)19-12-7-13-20(25-19)23(28)26-21-16(2)9-6-10-17(21)3/h4-13H,14H2,1-3H3,(H,24,27)(H,26,28). The lowest BCUT2D eigenvalue weighted by atomic mass is 10.1. The number of hydrogen-bond acceptors (Lipinski definition) is 3. The number of amides is 2. The lowest BCUT2D eigenvalue weighted by Crippen LogP contribution is -2.25. The van der Waals surface area contributed by atoms with Crippen LogP contribution in [0.25, 0.3) is 0 Å². The van der Waals surface area contributed by atoms with Crippen molar-refractivity contribution < 1.29 is 9.59 Å². The quantitative estimate of drug-likeness (QED) is 0.704. The number of carbonyl (C=O) groups is 2. The number of benzene rings is 2. The molecule has 3 rings (SSSR count). The first-order valence-electron chi connectivity index (χ1n) is 9.13. The van der Waals surface area contributed by atoms with Gasteiger partial charge in [0.2, 0.25) is 0 Å². The molecular weight excluding hydrogens is 350 g/mol. The second-order valence-electron chi connectivity index (χ2n) is 6.74. The van der Waals surface area contributed by atoms with Crippen molar-refractivity contribution in [3.05, 3.63) is 94.3 Å². The molecule has 0 radical (unpaired) electrons. The Morgan fingerprint density at radius 1 is 0.750 bits per heavy atom. The highest BCUT2D eigenvalue weighted by molar-refractivity contribution is 6.04. The molecule has 1 heterocycles. The molecule has 5 heteroatoms. The molecular formula is C23H23N3O2. The van der Waals surface area contributed by atoms with Crippen LogP contribution in [0.2, 0.25) is 0 Å². The van der Waals surface area contributed by atoms with Crippen molar-refractivity contribution in [3.63, 3.8) is 0 Å². The summed E-state index contributed by atoms with van der Waals surface area (Å²) < 4.78 is 0. The molecule has 3 aromatic rings. The van der Waals surface area contributed by atoms with Gasteiger partial charge in [-0.1, -0.05) is 48.5 Å². The molecule has 0 bridgehead atoms. The molecule has 2 aromatic carbocycles. The van der Waals surface area contributed by atoms with Gasteiger partial charge in [-0.15, -0.1) is 0 Å². The van der Waals surface area contributed by atoms with Crippen LogP contribution in [-0.4, -0.2) is 16.8 Å². The van der Waals surface area contributed by atoms with Gasteiger partial charge in [-0.25, -0.2) is 4.98 Å². The van der Waals surface area contributed by atoms with E-state index in [1.165, 1.54) is 0 Å². The van der Waals surface area contributed by atoms with Crippen molar-refractivity contribution in [2.24, 2.45) is 0 Å². The molecule has 0 saturated heterocycles. The highest BCUT2D eigenvalue weighted by atomic mass is 16.2. The first-order chi connectivity index (χ1) is 13.5. The zero-order chi connectivity index (χ0) is 20.1. The molecule has 0 aliphatic carbocycles. The zero-order valence-electron chi connectivity index (χ0n) is 16.2. The number of aromatic nitrogens is 1. The summed E-state index contributed by atoms with van der Waals surface area (Å²) in [6.07, 6.45) is 0. The number of carbonyl (C=O) groups excluding carboxylic acids is 2. The van der Waals surface area contributed by atoms with E-state index in [-0.39, 0.29) is 23.2 Å². The van der Waals surface area contributed by atoms with Crippen LogP contribution in [0.15, 0.2) is 60.7 Å². The van der Waals surface area contributed by atoms with Gasteiger partial charge in [0, 0.05) is 12.2 Å². The second kappa shape index (κ2) is 8.48. The summed E-state index contributed by atoms with van der Waals surface area (Å²) in [6.45, 7) is 6.28. The molecule has 5 nitrogen and oxygen atoms in total. The van der Waals surface area contributed by atoms with Crippen molar-refractivity contribution in [3.8, 4) is 0 Å². The number of para-hydroxylation sites is 1. The number of anilines is 1. The van der Waals surface area contributed by atoms with Gasteiger partial charge >= 0.3 is 0 Å². The molecule has 0 aliphatic heterocycles. The van der Waals surface area contributed by atoms with Crippen molar-refractivity contribution in [2.45, 2.75) is 27.3 Å². The molecule has 0 spiro atoms. The second-order valence-corrected chi connectivity index (χ2v) is 6.74. The fourth-order valence-corrected chi connectivity index (χ4v) is 2.95. The molecule has 2 amide bonds. The largest absolute Gasteiger partial charge is 0.347 e. The first kappa shape index (κ1) is 19.3. The van der Waals surface area contributed by atoms with Crippen molar-refractivity contribution in [1.29, 1.82) is 0 Å². The van der Waals surface area contributed by atoms with Crippen LogP contribution >= 0.6 is 0 Å². The van der Waals surface area contributed by atoms with Crippen molar-refractivity contribution >= 4 is 17.5 Å². The molecule has 0 saturated carbocycles. The summed E-state index contributed by atoms with van der Waals surface area (Å²) in [5.74, 6) is -0.657. The van der Waals surface area contributed by atoms with Gasteiger partial charge in [-0.05, 0) is 55.2 Å². The fourth-order valence-electron chi connectivity index (χ4n) is 2.95. The third-order valence-corrected chi connectivity index (χ3v) is 4.63. The minimum Gasteiger partial charge on any atom is -0.347 e. The number of rotatable bonds is 5. The van der Waals surface area contributed by atoms with Gasteiger partial charge in [-0.3, -0.25) is 9.59 Å². The number of aryl methyl sites for hydroxylation is 3. The summed E-state index contributed by atoms with van der Waals surface area (Å²) >= 11 is 0. The molecule has 28 heavy (non-hydrogen) atoms. The Bertz CT molecular complexity index is 1010. The van der Waals surface area contributed by atoms with Gasteiger partial charge < -0.3 is 10.6 Å². The Labute approximate surface area is 164 Å². The Morgan fingerprint density at radius 3 is 2.00 bits per heavy atom. The van der Waals surface area contributed by atoms with E-state index in [0.717, 1.165) is 27.9 Å². The van der Waals surface area contributed by atoms with Crippen LogP contribution < -0.4 is 10.6 Å². The van der Waals surface area contributed by atoms with Crippen LogP contribution in [0, 0.1) is 20.8 Å². The molecule has 1 aromatic heterocycles. The number of pyridine rings is 1. The van der Waals surface area contributed by atoms with Gasteiger partial charge in [0.15, 0.2) is 0 Å². The predicted octanol–water partition coefficient (Wildman–Crippen LogP) is 4.19. The topological polar surface area (TPSA) is 71.1 Å². The Morgan fingerprint density at radius 2 is 1.32 bits per heavy atom. The summed E-state index contributed by atoms with van der Waals surface area (Å²) in [7, 11) is 0. The summed E-state index contributed by atoms with van der Waals surface area (Å²) in [5, 5.41) is 5.75. The average Bonchev–Trinajstić information content (AvgIpc) is 2.70. The van der Waals surface area contributed by atoms with Crippen LogP contribution in [0.3, 0.4) is 0 Å². The minimum absolute atomic E-state index is 0.200. The van der Waals surface area contributed by atoms with Gasteiger partial charge in [0.25, 0.3) is 11.8 Å². The molecule has 0 unspecified atom stereocenters. The Balaban J connectivity index is 1.72. The van der Waals surface area contributed by atoms with Crippen LogP contribution in [0.4, 0.5) is 5.69 Å². The number of nitrogens with zero attached hydrogens (tertiary/aromatic N) is 1. The molecule has 0 fully saturated rings. The highest BCUT2D eigenvalue weighted by Gasteiger charge is 2.14. The van der Waals surface area contributed by atoms with Gasteiger partial charge in [-0.2, -0.15) is 0 Å². The molecule has 0 aliphatic rings. The van der Waals surface area contributed by atoms with Crippen LogP contribution in [-0.2, 0) is 6.54 Å². The third-order valence-electron chi connectivity index (χ3n) is 4.63. The third kappa shape index (κ3) is 4.43. The van der Waals surface area contributed by atoms with E-state index in [1.54, 1.807) is 18.2 Å². The molecule has 2 N–H and O–H groups in total. The zero-order valence-corrected chi connectivity index (χ0v) is 16.2. The first-order valence-corrected chi connectivity index (χ1v) is 9.13. The van der Waals surface area contributed by atoms with E-state index < -0.39 is 0 Å². The summed E-state index contributed by atoms with van der Waals surface area (Å²) in [5.41, 5.74) is 5.27. The van der Waals surface area contributed by atoms with E-state index in [0.29, 0.717) is 6.54 Å². The normalized spacial score (nSPS) is 10.4. The van der Waals surface area contributed by atoms with Gasteiger partial charge in [0.05, 0.1) is 0 Å². The van der Waals surface area contributed by atoms with Gasteiger partial charge in [0.1, 0.15) is 11.4 Å². The summed E-state index contributed by atoms with van der Waals surface area (Å²) in [6, 6.07) is 18.5. The van der Waals surface area contributed by atoms with Crippen molar-refractivity contribution in [2.75, 3.05) is 5.32 Å². The maximum atomic E-state index is 12.6. The highest BCUT2D eigenvalue weighted by Crippen LogP contribution is 2.20. The Hall–Kier alpha value is -3.47. The minimum atomic E-state index is -0.342. The van der Waals surface area contributed by atoms with E-state index in [1.807, 2.05) is 63.2 Å². The van der Waals surface area contributed by atoms with Crippen molar-refractivity contribution in [1.82, 2.24) is 10.3 Å². The fraction of sp³-hybridized carbons (Fsp3) is 0.174. The van der Waals surface area contributed by atoms with E-state index in [9.17, 15) is 9.59 Å². The van der Waals surface area contributed by atoms with E-state index in [2.05, 4.69) is 15.6 Å². The lowest BCUT2D eigenvalue weighted by molar-refractivity contribution is 0.0945. The predicted molar refractivity (Wildman–Crippen MR) is 110 cm³/mol. The maximum absolute atomic E-state index is 12.6. The van der Waals surface area contributed by atoms with E-state index >= 15 is 0 Å². The smallest absolute Gasteiger partial charge is 0.274 e. The lowest BCUT2D eigenvalue weighted by Gasteiger charge is -2.12. The number of hydrogen-bond donors (Lipinski definition) is 2. The average molecular weight is 373 g/mol. The summed E-state index contributed by atoms with van der Waals surface area (Å²) in [4.78, 5) is 29.3. The number of nitrogens with one attached hydrogen (secondary N) is 2. The van der Waals surface area contributed by atoms with Crippen LogP contribution in [0.5, 0.6) is 0 Å². The maximum Gasteiger partial charge on any atom is 0.274 e. The SMILES string of the molecule is Cc1ccccc1CNC(=O)c1cccc(C(=O)Nc2c(C)cccc2C)n1. The molecule has 0 atom stereocenters. The van der Waals surface area contributed by atoms with E-state index in [4.69, 9.17) is 0 Å². The molecule has 142 valence electrons. The van der Waals surface area contributed by atoms with Crippen LogP contribution in [0.1, 0.15) is 43.2 Å².